The lowest BCUT2D eigenvalue weighted by molar-refractivity contribution is -0.116. The van der Waals surface area contributed by atoms with Gasteiger partial charge in [0.25, 0.3) is 5.91 Å². The van der Waals surface area contributed by atoms with Crippen molar-refractivity contribution >= 4 is 28.9 Å². The van der Waals surface area contributed by atoms with Crippen molar-refractivity contribution < 1.29 is 23.8 Å². The molecule has 8 nitrogen and oxygen atoms in total. The Morgan fingerprint density at radius 2 is 1.38 bits per heavy atom. The van der Waals surface area contributed by atoms with E-state index < -0.39 is 6.04 Å². The van der Waals surface area contributed by atoms with Crippen LogP contribution in [0.1, 0.15) is 22.8 Å². The van der Waals surface area contributed by atoms with Gasteiger partial charge in [-0.3, -0.25) is 9.59 Å². The van der Waals surface area contributed by atoms with Gasteiger partial charge in [0.15, 0.2) is 11.5 Å². The van der Waals surface area contributed by atoms with Gasteiger partial charge in [-0.1, -0.05) is 12.1 Å². The number of benzene rings is 3. The van der Waals surface area contributed by atoms with Gasteiger partial charge in [-0.25, -0.2) is 0 Å². The highest BCUT2D eigenvalue weighted by Gasteiger charge is 2.16. The second-order valence-corrected chi connectivity index (χ2v) is 7.61. The van der Waals surface area contributed by atoms with Crippen molar-refractivity contribution in [3.05, 3.63) is 71.8 Å². The summed E-state index contributed by atoms with van der Waals surface area (Å²) in [4.78, 5) is 25.3. The molecule has 0 saturated carbocycles. The molecule has 0 aliphatic carbocycles. The fraction of sp³-hybridized carbons (Fsp3) is 0.231. The minimum atomic E-state index is -0.523. The van der Waals surface area contributed by atoms with Crippen LogP contribution in [0.3, 0.4) is 0 Å². The molecule has 3 aromatic carbocycles. The number of nitrogens with one attached hydrogen (secondary N) is 3. The summed E-state index contributed by atoms with van der Waals surface area (Å²) >= 11 is 0. The topological polar surface area (TPSA) is 97.9 Å². The van der Waals surface area contributed by atoms with Crippen LogP contribution in [-0.4, -0.2) is 39.2 Å². The number of hydrogen-bond donors (Lipinski definition) is 3. The lowest BCUT2D eigenvalue weighted by Gasteiger charge is -2.19. The second-order valence-electron chi connectivity index (χ2n) is 7.61. The van der Waals surface area contributed by atoms with Crippen molar-refractivity contribution in [2.75, 3.05) is 37.3 Å². The van der Waals surface area contributed by atoms with Gasteiger partial charge in [-0.2, -0.15) is 0 Å². The zero-order valence-electron chi connectivity index (χ0n) is 19.9. The Labute approximate surface area is 199 Å². The number of hydrogen-bond acceptors (Lipinski definition) is 6. The average Bonchev–Trinajstić information content (AvgIpc) is 2.85. The zero-order valence-corrected chi connectivity index (χ0v) is 19.9. The Bertz CT molecular complexity index is 1160. The van der Waals surface area contributed by atoms with E-state index in [2.05, 4.69) is 16.0 Å². The Balaban J connectivity index is 1.62. The number of rotatable bonds is 9. The van der Waals surface area contributed by atoms with E-state index in [9.17, 15) is 9.59 Å². The van der Waals surface area contributed by atoms with Crippen LogP contribution >= 0.6 is 0 Å². The van der Waals surface area contributed by atoms with Crippen molar-refractivity contribution in [1.82, 2.24) is 0 Å². The molecule has 34 heavy (non-hydrogen) atoms. The molecule has 0 radical (unpaired) electrons. The second kappa shape index (κ2) is 11.1. The number of carbonyl (C=O) groups is 2. The smallest absolute Gasteiger partial charge is 0.255 e. The van der Waals surface area contributed by atoms with Crippen molar-refractivity contribution in [2.45, 2.75) is 19.9 Å². The van der Waals surface area contributed by atoms with E-state index in [0.29, 0.717) is 34.2 Å². The quantitative estimate of drug-likeness (QED) is 0.425. The Morgan fingerprint density at radius 3 is 2.03 bits per heavy atom. The highest BCUT2D eigenvalue weighted by atomic mass is 16.5. The Morgan fingerprint density at radius 1 is 0.765 bits per heavy atom. The van der Waals surface area contributed by atoms with Gasteiger partial charge in [0, 0.05) is 23.0 Å². The molecule has 0 saturated heterocycles. The number of para-hydroxylation sites is 2. The molecule has 178 valence electrons. The molecule has 3 N–H and O–H groups in total. The normalized spacial score (nSPS) is 11.2. The Hall–Kier alpha value is -4.20. The molecular formula is C26H29N3O5. The molecule has 0 aliphatic heterocycles. The van der Waals surface area contributed by atoms with E-state index in [4.69, 9.17) is 14.2 Å². The summed E-state index contributed by atoms with van der Waals surface area (Å²) in [5.74, 6) is 1.27. The fourth-order valence-corrected chi connectivity index (χ4v) is 3.33. The van der Waals surface area contributed by atoms with Gasteiger partial charge >= 0.3 is 0 Å². The summed E-state index contributed by atoms with van der Waals surface area (Å²) in [6.45, 7) is 3.68. The molecule has 1 atom stereocenters. The molecule has 8 heteroatoms. The monoisotopic (exact) mass is 463 g/mol. The molecule has 0 aliphatic rings. The third kappa shape index (κ3) is 5.78. The van der Waals surface area contributed by atoms with Crippen LogP contribution in [0.5, 0.6) is 17.2 Å². The van der Waals surface area contributed by atoms with E-state index in [1.165, 1.54) is 0 Å². The fourth-order valence-electron chi connectivity index (χ4n) is 3.33. The number of ether oxygens (including phenoxy) is 3. The number of anilines is 3. The van der Waals surface area contributed by atoms with Crippen LogP contribution in [0.25, 0.3) is 0 Å². The molecule has 2 amide bonds. The highest BCUT2D eigenvalue weighted by Crippen LogP contribution is 2.33. The van der Waals surface area contributed by atoms with Gasteiger partial charge in [-0.05, 0) is 61.9 Å². The number of aryl methyl sites for hydroxylation is 1. The van der Waals surface area contributed by atoms with Crippen molar-refractivity contribution in [2.24, 2.45) is 0 Å². The first-order chi connectivity index (χ1) is 16.4. The minimum absolute atomic E-state index is 0.222. The average molecular weight is 464 g/mol. The highest BCUT2D eigenvalue weighted by molar-refractivity contribution is 6.05. The van der Waals surface area contributed by atoms with Gasteiger partial charge < -0.3 is 30.2 Å². The summed E-state index contributed by atoms with van der Waals surface area (Å²) in [7, 11) is 4.69. The number of carbonyl (C=O) groups excluding carboxylic acids is 2. The molecule has 0 heterocycles. The van der Waals surface area contributed by atoms with Gasteiger partial charge in [0.1, 0.15) is 11.8 Å². The lowest BCUT2D eigenvalue weighted by atomic mass is 10.1. The number of methoxy groups -OCH3 is 3. The van der Waals surface area contributed by atoms with Crippen LogP contribution in [0, 0.1) is 6.92 Å². The van der Waals surface area contributed by atoms with Crippen molar-refractivity contribution in [1.29, 1.82) is 0 Å². The Kier molecular flexibility index (Phi) is 7.97. The summed E-state index contributed by atoms with van der Waals surface area (Å²) in [6.07, 6.45) is 0. The van der Waals surface area contributed by atoms with Crippen LogP contribution in [0.4, 0.5) is 17.1 Å². The molecule has 3 aromatic rings. The third-order valence-corrected chi connectivity index (χ3v) is 5.27. The first-order valence-corrected chi connectivity index (χ1v) is 10.7. The predicted molar refractivity (Wildman–Crippen MR) is 133 cm³/mol. The largest absolute Gasteiger partial charge is 0.495 e. The molecular weight excluding hydrogens is 434 g/mol. The maximum absolute atomic E-state index is 12.7. The molecule has 0 spiro atoms. The maximum atomic E-state index is 12.7. The summed E-state index contributed by atoms with van der Waals surface area (Å²) < 4.78 is 15.9. The summed E-state index contributed by atoms with van der Waals surface area (Å²) in [6, 6.07) is 17.0. The van der Waals surface area contributed by atoms with Crippen LogP contribution < -0.4 is 30.2 Å². The lowest BCUT2D eigenvalue weighted by Crippen LogP contribution is -2.32. The van der Waals surface area contributed by atoms with E-state index in [1.807, 2.05) is 25.1 Å². The molecule has 0 bridgehead atoms. The van der Waals surface area contributed by atoms with E-state index in [-0.39, 0.29) is 11.8 Å². The van der Waals surface area contributed by atoms with Crippen LogP contribution in [-0.2, 0) is 4.79 Å². The molecule has 0 aromatic heterocycles. The van der Waals surface area contributed by atoms with E-state index in [1.54, 1.807) is 70.7 Å². The predicted octanol–water partition coefficient (Wildman–Crippen LogP) is 4.71. The van der Waals surface area contributed by atoms with Gasteiger partial charge in [-0.15, -0.1) is 0 Å². The number of amides is 2. The van der Waals surface area contributed by atoms with Gasteiger partial charge in [0.2, 0.25) is 5.91 Å². The molecule has 0 fully saturated rings. The van der Waals surface area contributed by atoms with Crippen LogP contribution in [0.15, 0.2) is 60.7 Å². The third-order valence-electron chi connectivity index (χ3n) is 5.27. The molecule has 0 unspecified atom stereocenters. The SMILES string of the molecule is COc1ccccc1NC(=O)c1ccc(NC(=O)[C@H](C)Nc2cc(OC)c(OC)cc2C)cc1. The maximum Gasteiger partial charge on any atom is 0.255 e. The first-order valence-electron chi connectivity index (χ1n) is 10.7. The van der Waals surface area contributed by atoms with Crippen molar-refractivity contribution in [3.8, 4) is 17.2 Å². The van der Waals surface area contributed by atoms with Crippen LogP contribution in [0.2, 0.25) is 0 Å². The standard InChI is InChI=1S/C26H29N3O5/c1-16-14-23(33-4)24(34-5)15-21(16)27-17(2)25(30)28-19-12-10-18(11-13-19)26(31)29-20-8-6-7-9-22(20)32-3/h6-15,17,27H,1-5H3,(H,28,30)(H,29,31)/t17-/m0/s1. The van der Waals surface area contributed by atoms with E-state index >= 15 is 0 Å². The molecule has 3 rings (SSSR count). The van der Waals surface area contributed by atoms with Gasteiger partial charge in [0.05, 0.1) is 27.0 Å². The van der Waals surface area contributed by atoms with E-state index in [0.717, 1.165) is 11.3 Å². The first kappa shape index (κ1) is 24.4. The summed E-state index contributed by atoms with van der Waals surface area (Å²) in [5.41, 5.74) is 3.30. The summed E-state index contributed by atoms with van der Waals surface area (Å²) in [5, 5.41) is 8.88. The minimum Gasteiger partial charge on any atom is -0.495 e. The zero-order chi connectivity index (χ0) is 24.7. The van der Waals surface area contributed by atoms with Crippen molar-refractivity contribution in [3.63, 3.8) is 0 Å².